The summed E-state index contributed by atoms with van der Waals surface area (Å²) in [4.78, 5) is 12.1. The Morgan fingerprint density at radius 2 is 2.20 bits per heavy atom. The SMILES string of the molecule is CCCOc1c(Cl)cc(C(=O)NCC2CC2)cc1OC. The number of carbonyl (C=O) groups is 1. The first-order chi connectivity index (χ1) is 9.65. The molecule has 0 unspecified atom stereocenters. The molecule has 0 spiro atoms. The van der Waals surface area contributed by atoms with Crippen LogP contribution in [0.25, 0.3) is 0 Å². The molecule has 0 saturated heterocycles. The van der Waals surface area contributed by atoms with Crippen LogP contribution < -0.4 is 14.8 Å². The number of benzene rings is 1. The Kier molecular flexibility index (Phi) is 5.12. The maximum absolute atomic E-state index is 12.1. The monoisotopic (exact) mass is 297 g/mol. The first-order valence-corrected chi connectivity index (χ1v) is 7.32. The fourth-order valence-electron chi connectivity index (χ4n) is 1.86. The molecule has 0 bridgehead atoms. The number of halogens is 1. The molecule has 2 rings (SSSR count). The topological polar surface area (TPSA) is 47.6 Å². The summed E-state index contributed by atoms with van der Waals surface area (Å²) in [5.41, 5.74) is 0.497. The molecule has 1 N–H and O–H groups in total. The zero-order valence-corrected chi connectivity index (χ0v) is 12.6. The highest BCUT2D eigenvalue weighted by Crippen LogP contribution is 2.36. The lowest BCUT2D eigenvalue weighted by Gasteiger charge is -2.13. The van der Waals surface area contributed by atoms with Gasteiger partial charge in [0.25, 0.3) is 5.91 Å². The summed E-state index contributed by atoms with van der Waals surface area (Å²) in [5.74, 6) is 1.50. The number of carbonyl (C=O) groups excluding carboxylic acids is 1. The van der Waals surface area contributed by atoms with Crippen LogP contribution in [0.3, 0.4) is 0 Å². The first-order valence-electron chi connectivity index (χ1n) is 6.94. The third kappa shape index (κ3) is 3.79. The molecular weight excluding hydrogens is 278 g/mol. The van der Waals surface area contributed by atoms with E-state index in [0.29, 0.717) is 34.6 Å². The van der Waals surface area contributed by atoms with Crippen molar-refractivity contribution in [2.75, 3.05) is 20.3 Å². The summed E-state index contributed by atoms with van der Waals surface area (Å²) in [6, 6.07) is 3.29. The molecule has 1 aliphatic carbocycles. The van der Waals surface area contributed by atoms with Gasteiger partial charge in [-0.3, -0.25) is 4.79 Å². The van der Waals surface area contributed by atoms with Crippen molar-refractivity contribution in [3.05, 3.63) is 22.7 Å². The molecule has 1 saturated carbocycles. The summed E-state index contributed by atoms with van der Waals surface area (Å²) in [6.07, 6.45) is 3.28. The highest BCUT2D eigenvalue weighted by Gasteiger charge is 2.22. The molecule has 1 aromatic rings. The summed E-state index contributed by atoms with van der Waals surface area (Å²) < 4.78 is 10.8. The Balaban J connectivity index is 2.12. The number of rotatable bonds is 7. The highest BCUT2D eigenvalue weighted by molar-refractivity contribution is 6.32. The van der Waals surface area contributed by atoms with Crippen LogP contribution in [0, 0.1) is 5.92 Å². The number of hydrogen-bond acceptors (Lipinski definition) is 3. The predicted molar refractivity (Wildman–Crippen MR) is 78.8 cm³/mol. The van der Waals surface area contributed by atoms with E-state index in [4.69, 9.17) is 21.1 Å². The smallest absolute Gasteiger partial charge is 0.251 e. The van der Waals surface area contributed by atoms with Crippen LogP contribution in [0.5, 0.6) is 11.5 Å². The van der Waals surface area contributed by atoms with Crippen molar-refractivity contribution >= 4 is 17.5 Å². The lowest BCUT2D eigenvalue weighted by Crippen LogP contribution is -2.25. The van der Waals surface area contributed by atoms with Crippen LogP contribution in [0.1, 0.15) is 36.5 Å². The molecule has 1 amide bonds. The van der Waals surface area contributed by atoms with E-state index in [9.17, 15) is 4.79 Å². The van der Waals surface area contributed by atoms with Gasteiger partial charge in [0.2, 0.25) is 0 Å². The average Bonchev–Trinajstić information content (AvgIpc) is 3.26. The zero-order chi connectivity index (χ0) is 14.5. The van der Waals surface area contributed by atoms with Crippen LogP contribution in [0.2, 0.25) is 5.02 Å². The van der Waals surface area contributed by atoms with Crippen molar-refractivity contribution in [1.29, 1.82) is 0 Å². The number of methoxy groups -OCH3 is 1. The van der Waals surface area contributed by atoms with Gasteiger partial charge in [-0.15, -0.1) is 0 Å². The van der Waals surface area contributed by atoms with Gasteiger partial charge in [0.15, 0.2) is 11.5 Å². The first kappa shape index (κ1) is 15.0. The largest absolute Gasteiger partial charge is 0.493 e. The second-order valence-corrected chi connectivity index (χ2v) is 5.40. The summed E-state index contributed by atoms with van der Waals surface area (Å²) >= 11 is 6.18. The Morgan fingerprint density at radius 1 is 1.45 bits per heavy atom. The summed E-state index contributed by atoms with van der Waals surface area (Å²) in [5, 5.41) is 3.31. The number of nitrogens with one attached hydrogen (secondary N) is 1. The Bertz CT molecular complexity index is 486. The summed E-state index contributed by atoms with van der Waals surface area (Å²) in [7, 11) is 1.54. The van der Waals surface area contributed by atoms with E-state index in [1.54, 1.807) is 12.1 Å². The minimum Gasteiger partial charge on any atom is -0.493 e. The molecule has 110 valence electrons. The van der Waals surface area contributed by atoms with E-state index >= 15 is 0 Å². The van der Waals surface area contributed by atoms with Crippen molar-refractivity contribution in [3.8, 4) is 11.5 Å². The minimum atomic E-state index is -0.126. The Labute approximate surface area is 124 Å². The normalized spacial score (nSPS) is 13.9. The lowest BCUT2D eigenvalue weighted by atomic mass is 10.2. The number of ether oxygens (including phenoxy) is 2. The second-order valence-electron chi connectivity index (χ2n) is 4.99. The molecule has 1 aromatic carbocycles. The Hall–Kier alpha value is -1.42. The quantitative estimate of drug-likeness (QED) is 0.840. The van der Waals surface area contributed by atoms with Gasteiger partial charge >= 0.3 is 0 Å². The third-order valence-corrected chi connectivity index (χ3v) is 3.47. The van der Waals surface area contributed by atoms with Crippen LogP contribution in [-0.4, -0.2) is 26.2 Å². The van der Waals surface area contributed by atoms with Crippen molar-refractivity contribution in [2.24, 2.45) is 5.92 Å². The maximum atomic E-state index is 12.1. The van der Waals surface area contributed by atoms with Gasteiger partial charge in [0, 0.05) is 12.1 Å². The van der Waals surface area contributed by atoms with Crippen molar-refractivity contribution in [3.63, 3.8) is 0 Å². The molecule has 0 aliphatic heterocycles. The van der Waals surface area contributed by atoms with E-state index in [-0.39, 0.29) is 5.91 Å². The van der Waals surface area contributed by atoms with Crippen LogP contribution in [0.15, 0.2) is 12.1 Å². The molecule has 0 heterocycles. The van der Waals surface area contributed by atoms with Gasteiger partial charge in [-0.05, 0) is 37.3 Å². The standard InChI is InChI=1S/C15H20ClNO3/c1-3-6-20-14-12(16)7-11(8-13(14)19-2)15(18)17-9-10-4-5-10/h7-8,10H,3-6,9H2,1-2H3,(H,17,18). The van der Waals surface area contributed by atoms with Gasteiger partial charge < -0.3 is 14.8 Å². The average molecular weight is 298 g/mol. The minimum absolute atomic E-state index is 0.126. The molecular formula is C15H20ClNO3. The maximum Gasteiger partial charge on any atom is 0.251 e. The van der Waals surface area contributed by atoms with E-state index in [0.717, 1.165) is 13.0 Å². The lowest BCUT2D eigenvalue weighted by molar-refractivity contribution is 0.0951. The third-order valence-electron chi connectivity index (χ3n) is 3.19. The van der Waals surface area contributed by atoms with Crippen molar-refractivity contribution in [1.82, 2.24) is 5.32 Å². The molecule has 5 heteroatoms. The predicted octanol–water partition coefficient (Wildman–Crippen LogP) is 3.28. The fourth-order valence-corrected chi connectivity index (χ4v) is 2.12. The van der Waals surface area contributed by atoms with E-state index in [1.807, 2.05) is 6.92 Å². The van der Waals surface area contributed by atoms with Gasteiger partial charge in [-0.25, -0.2) is 0 Å². The zero-order valence-electron chi connectivity index (χ0n) is 11.9. The molecule has 0 aromatic heterocycles. The van der Waals surface area contributed by atoms with E-state index in [2.05, 4.69) is 5.32 Å². The van der Waals surface area contributed by atoms with Gasteiger partial charge in [0.05, 0.1) is 18.7 Å². The number of hydrogen-bond donors (Lipinski definition) is 1. The molecule has 1 aliphatic rings. The van der Waals surface area contributed by atoms with Gasteiger partial charge in [0.1, 0.15) is 0 Å². The molecule has 4 nitrogen and oxygen atoms in total. The van der Waals surface area contributed by atoms with Crippen LogP contribution in [-0.2, 0) is 0 Å². The van der Waals surface area contributed by atoms with Crippen LogP contribution in [0.4, 0.5) is 0 Å². The van der Waals surface area contributed by atoms with E-state index in [1.165, 1.54) is 20.0 Å². The highest BCUT2D eigenvalue weighted by atomic mass is 35.5. The Morgan fingerprint density at radius 3 is 2.80 bits per heavy atom. The van der Waals surface area contributed by atoms with Crippen molar-refractivity contribution in [2.45, 2.75) is 26.2 Å². The molecule has 0 radical (unpaired) electrons. The van der Waals surface area contributed by atoms with Gasteiger partial charge in [-0.1, -0.05) is 18.5 Å². The summed E-state index contributed by atoms with van der Waals surface area (Å²) in [6.45, 7) is 3.30. The molecule has 1 fully saturated rings. The van der Waals surface area contributed by atoms with Gasteiger partial charge in [-0.2, -0.15) is 0 Å². The molecule has 20 heavy (non-hydrogen) atoms. The van der Waals surface area contributed by atoms with Crippen LogP contribution >= 0.6 is 11.6 Å². The number of amides is 1. The fraction of sp³-hybridized carbons (Fsp3) is 0.533. The van der Waals surface area contributed by atoms with Crippen molar-refractivity contribution < 1.29 is 14.3 Å². The van der Waals surface area contributed by atoms with E-state index < -0.39 is 0 Å². The second kappa shape index (κ2) is 6.84. The molecule has 0 atom stereocenters.